The summed E-state index contributed by atoms with van der Waals surface area (Å²) < 4.78 is 85.6. The van der Waals surface area contributed by atoms with E-state index in [1.807, 2.05) is 0 Å². The highest BCUT2D eigenvalue weighted by Crippen LogP contribution is 2.38. The Morgan fingerprint density at radius 2 is 1.58 bits per heavy atom. The summed E-state index contributed by atoms with van der Waals surface area (Å²) in [5.41, 5.74) is -0.276. The summed E-state index contributed by atoms with van der Waals surface area (Å²) in [7, 11) is 0. The molecule has 0 aliphatic carbocycles. The average molecular weight is 734 g/mol. The molecule has 2 aliphatic heterocycles. The maximum absolute atomic E-state index is 14.5. The Hall–Kier alpha value is -3.48. The van der Waals surface area contributed by atoms with Crippen molar-refractivity contribution in [2.75, 3.05) is 26.2 Å². The highest BCUT2D eigenvalue weighted by molar-refractivity contribution is 9.10. The number of carbonyl (C=O) groups excluding carboxylic acids is 1. The van der Waals surface area contributed by atoms with Crippen molar-refractivity contribution in [3.63, 3.8) is 0 Å². The van der Waals surface area contributed by atoms with Crippen LogP contribution < -0.4 is 5.32 Å². The number of likely N-dealkylation sites (tertiary alicyclic amines) is 2. The number of hydrogen-bond donors (Lipinski definition) is 1. The van der Waals surface area contributed by atoms with E-state index in [2.05, 4.69) is 31.0 Å². The minimum atomic E-state index is -4.82. The minimum absolute atomic E-state index is 0.0444. The molecule has 1 unspecified atom stereocenters. The van der Waals surface area contributed by atoms with E-state index in [4.69, 9.17) is 4.98 Å². The quantitative estimate of drug-likeness (QED) is 0.193. The number of benzene rings is 3. The molecule has 0 spiro atoms. The van der Waals surface area contributed by atoms with Gasteiger partial charge in [-0.25, -0.2) is 4.98 Å². The van der Waals surface area contributed by atoms with Gasteiger partial charge in [-0.05, 0) is 87.8 Å². The lowest BCUT2D eigenvalue weighted by Crippen LogP contribution is -2.46. The molecule has 1 aromatic heterocycles. The van der Waals surface area contributed by atoms with Gasteiger partial charge in [0.1, 0.15) is 0 Å². The first-order chi connectivity index (χ1) is 22.9. The predicted octanol–water partition coefficient (Wildman–Crippen LogP) is 9.17. The molecule has 12 heteroatoms. The van der Waals surface area contributed by atoms with Crippen LogP contribution in [0.5, 0.6) is 0 Å². The lowest BCUT2D eigenvalue weighted by Gasteiger charge is -2.40. The first-order valence-corrected chi connectivity index (χ1v) is 16.9. The first kappa shape index (κ1) is 34.4. The molecule has 254 valence electrons. The number of nitrogens with zero attached hydrogens (tertiary/aromatic N) is 3. The monoisotopic (exact) mass is 732 g/mol. The molecule has 0 radical (unpaired) electrons. The Balaban J connectivity index is 1.46. The molecule has 1 amide bonds. The highest BCUT2D eigenvalue weighted by Gasteiger charge is 2.42. The van der Waals surface area contributed by atoms with Gasteiger partial charge in [0.15, 0.2) is 6.04 Å². The number of pyridine rings is 1. The number of amides is 1. The molecule has 1 N–H and O–H groups in total. The summed E-state index contributed by atoms with van der Waals surface area (Å²) in [4.78, 5) is 23.7. The maximum atomic E-state index is 14.5. The van der Waals surface area contributed by atoms with Crippen LogP contribution >= 0.6 is 15.9 Å². The summed E-state index contributed by atoms with van der Waals surface area (Å²) in [5, 5.41) is 2.53. The van der Waals surface area contributed by atoms with Crippen LogP contribution in [0.4, 0.5) is 26.3 Å². The standard InChI is InChI=1S/C36H35BrF6N4O/c37-26-12-13-30-28(21-26)31(34(48)45-33(36(41,42)43)23-8-3-1-4-9-23)29(32(44-30)24-10-7-11-25(20-24)35(38,39)40)22-46-18-14-27(15-19-46)47-16-5-2-6-17-47/h1,3-4,7-13,20-21,27,33H,2,5-6,14-19,22H2,(H,45,48). The van der Waals surface area contributed by atoms with Crippen LogP contribution in [0.15, 0.2) is 77.3 Å². The molecule has 4 aromatic rings. The van der Waals surface area contributed by atoms with Crippen LogP contribution in [0.25, 0.3) is 22.2 Å². The molecule has 3 aromatic carbocycles. The van der Waals surface area contributed by atoms with E-state index in [9.17, 15) is 31.1 Å². The van der Waals surface area contributed by atoms with Crippen molar-refractivity contribution in [3.8, 4) is 11.3 Å². The van der Waals surface area contributed by atoms with Gasteiger partial charge in [0.05, 0.1) is 22.3 Å². The molecule has 2 saturated heterocycles. The molecular weight excluding hydrogens is 698 g/mol. The van der Waals surface area contributed by atoms with Gasteiger partial charge in [-0.1, -0.05) is 64.8 Å². The molecular formula is C36H35BrF6N4O. The number of alkyl halides is 6. The van der Waals surface area contributed by atoms with Crippen molar-refractivity contribution in [1.82, 2.24) is 20.1 Å². The number of aromatic nitrogens is 1. The number of fused-ring (bicyclic) bond motifs is 1. The molecule has 5 nitrogen and oxygen atoms in total. The van der Waals surface area contributed by atoms with E-state index in [0.29, 0.717) is 29.0 Å². The van der Waals surface area contributed by atoms with Crippen LogP contribution in [0, 0.1) is 0 Å². The number of nitrogens with one attached hydrogen (secondary N) is 1. The zero-order valence-corrected chi connectivity index (χ0v) is 27.6. The van der Waals surface area contributed by atoms with Crippen LogP contribution in [0.2, 0.25) is 0 Å². The van der Waals surface area contributed by atoms with Gasteiger partial charge in [-0.3, -0.25) is 9.69 Å². The van der Waals surface area contributed by atoms with Gasteiger partial charge in [0.25, 0.3) is 5.91 Å². The van der Waals surface area contributed by atoms with Gasteiger partial charge >= 0.3 is 12.4 Å². The Morgan fingerprint density at radius 1 is 0.875 bits per heavy atom. The largest absolute Gasteiger partial charge is 0.416 e. The van der Waals surface area contributed by atoms with Gasteiger partial charge in [0.2, 0.25) is 0 Å². The number of carbonyl (C=O) groups is 1. The first-order valence-electron chi connectivity index (χ1n) is 16.1. The van der Waals surface area contributed by atoms with Gasteiger partial charge in [-0.15, -0.1) is 0 Å². The third-order valence-electron chi connectivity index (χ3n) is 9.32. The fourth-order valence-electron chi connectivity index (χ4n) is 6.92. The lowest BCUT2D eigenvalue weighted by molar-refractivity contribution is -0.155. The van der Waals surface area contributed by atoms with Gasteiger partial charge in [-0.2, -0.15) is 26.3 Å². The molecule has 2 fully saturated rings. The Labute approximate surface area is 283 Å². The number of rotatable bonds is 7. The van der Waals surface area contributed by atoms with Crippen molar-refractivity contribution in [1.29, 1.82) is 0 Å². The summed E-state index contributed by atoms with van der Waals surface area (Å²) in [6.45, 7) is 3.56. The van der Waals surface area contributed by atoms with E-state index in [0.717, 1.165) is 38.1 Å². The molecule has 3 heterocycles. The average Bonchev–Trinajstić information content (AvgIpc) is 3.07. The molecule has 0 bridgehead atoms. The van der Waals surface area contributed by atoms with Crippen LogP contribution in [0.3, 0.4) is 0 Å². The van der Waals surface area contributed by atoms with E-state index in [1.165, 1.54) is 55.7 Å². The Morgan fingerprint density at radius 3 is 2.25 bits per heavy atom. The zero-order chi connectivity index (χ0) is 34.1. The third kappa shape index (κ3) is 7.71. The summed E-state index contributed by atoms with van der Waals surface area (Å²) in [6, 6.07) is 14.8. The molecule has 6 rings (SSSR count). The minimum Gasteiger partial charge on any atom is -0.337 e. The molecule has 0 saturated carbocycles. The molecule has 1 atom stereocenters. The summed E-state index contributed by atoms with van der Waals surface area (Å²) in [5.74, 6) is -0.988. The SMILES string of the molecule is O=C(NC(c1ccccc1)C(F)(F)F)c1c(CN2CCC(N3CCCCC3)CC2)c(-c2cccc(C(F)(F)F)c2)nc2ccc(Br)cc12. The van der Waals surface area contributed by atoms with Crippen molar-refractivity contribution in [2.24, 2.45) is 0 Å². The Bertz CT molecular complexity index is 1750. The number of halogens is 7. The van der Waals surface area contributed by atoms with E-state index in [-0.39, 0.29) is 40.0 Å². The zero-order valence-electron chi connectivity index (χ0n) is 26.0. The van der Waals surface area contributed by atoms with E-state index < -0.39 is 29.9 Å². The van der Waals surface area contributed by atoms with Crippen molar-refractivity contribution < 1.29 is 31.1 Å². The fraction of sp³-hybridized carbons (Fsp3) is 0.389. The van der Waals surface area contributed by atoms with Crippen LogP contribution in [-0.2, 0) is 12.7 Å². The second kappa shape index (κ2) is 14.2. The molecule has 2 aliphatic rings. The Kier molecular flexibility index (Phi) is 10.1. The maximum Gasteiger partial charge on any atom is 0.416 e. The summed E-state index contributed by atoms with van der Waals surface area (Å²) >= 11 is 3.42. The van der Waals surface area contributed by atoms with Crippen LogP contribution in [0.1, 0.15) is 65.2 Å². The van der Waals surface area contributed by atoms with Crippen LogP contribution in [-0.4, -0.2) is 59.1 Å². The van der Waals surface area contributed by atoms with Crippen molar-refractivity contribution in [2.45, 2.75) is 63.1 Å². The van der Waals surface area contributed by atoms with Crippen molar-refractivity contribution >= 4 is 32.7 Å². The third-order valence-corrected chi connectivity index (χ3v) is 9.81. The van der Waals surface area contributed by atoms with Crippen molar-refractivity contribution in [3.05, 3.63) is 99.5 Å². The predicted molar refractivity (Wildman–Crippen MR) is 176 cm³/mol. The summed E-state index contributed by atoms with van der Waals surface area (Å²) in [6.07, 6.45) is -4.15. The molecule has 48 heavy (non-hydrogen) atoms. The van der Waals surface area contributed by atoms with Gasteiger partial charge < -0.3 is 10.2 Å². The highest BCUT2D eigenvalue weighted by atomic mass is 79.9. The fourth-order valence-corrected chi connectivity index (χ4v) is 7.28. The van der Waals surface area contributed by atoms with Gasteiger partial charge in [0, 0.05) is 33.6 Å². The lowest BCUT2D eigenvalue weighted by atomic mass is 9.93. The number of piperidine rings is 2. The van der Waals surface area contributed by atoms with E-state index in [1.54, 1.807) is 24.3 Å². The number of hydrogen-bond acceptors (Lipinski definition) is 4. The van der Waals surface area contributed by atoms with E-state index >= 15 is 0 Å². The smallest absolute Gasteiger partial charge is 0.337 e. The second-order valence-electron chi connectivity index (χ2n) is 12.5. The second-order valence-corrected chi connectivity index (χ2v) is 13.4. The normalized spacial score (nSPS) is 17.8. The topological polar surface area (TPSA) is 48.5 Å².